The molecule has 1 aromatic carbocycles. The number of rotatable bonds is 3. The van der Waals surface area contributed by atoms with Gasteiger partial charge in [-0.05, 0) is 53.1 Å². The first-order valence-electron chi connectivity index (χ1n) is 3.63. The summed E-state index contributed by atoms with van der Waals surface area (Å²) in [4.78, 5) is 0. The molecule has 0 aliphatic rings. The van der Waals surface area contributed by atoms with Crippen molar-refractivity contribution < 1.29 is 0 Å². The van der Waals surface area contributed by atoms with E-state index in [-0.39, 0.29) is 0 Å². The lowest BCUT2D eigenvalue weighted by Crippen LogP contribution is -1.85. The molecular weight excluding hydrogens is 270 g/mol. The second kappa shape index (κ2) is 4.99. The molecule has 0 saturated heterocycles. The Morgan fingerprint density at radius 2 is 1.82 bits per heavy atom. The molecule has 0 radical (unpaired) electrons. The van der Waals surface area contributed by atoms with Crippen LogP contribution < -0.4 is 0 Å². The van der Waals surface area contributed by atoms with Gasteiger partial charge in [0.1, 0.15) is 0 Å². The fourth-order valence-electron chi connectivity index (χ4n) is 0.922. The molecule has 0 N–H and O–H groups in total. The molecule has 0 aliphatic heterocycles. The molecular formula is C9H10ClI. The van der Waals surface area contributed by atoms with Crippen LogP contribution in [0.1, 0.15) is 12.0 Å². The van der Waals surface area contributed by atoms with E-state index in [0.29, 0.717) is 0 Å². The molecule has 0 amide bonds. The number of benzene rings is 1. The summed E-state index contributed by atoms with van der Waals surface area (Å²) in [5.41, 5.74) is 1.38. The highest BCUT2D eigenvalue weighted by Crippen LogP contribution is 2.08. The molecule has 0 atom stereocenters. The minimum absolute atomic E-state index is 0.756. The molecule has 1 rings (SSSR count). The summed E-state index contributed by atoms with van der Waals surface area (Å²) in [7, 11) is 0. The van der Waals surface area contributed by atoms with E-state index < -0.39 is 0 Å². The van der Waals surface area contributed by atoms with Gasteiger partial charge in [-0.3, -0.25) is 0 Å². The van der Waals surface area contributed by atoms with Crippen LogP contribution in [0.15, 0.2) is 24.3 Å². The minimum Gasteiger partial charge on any atom is -0.127 e. The van der Waals surface area contributed by atoms with Gasteiger partial charge in [-0.15, -0.1) is 11.6 Å². The Bertz CT molecular complexity index is 205. The van der Waals surface area contributed by atoms with E-state index in [4.69, 9.17) is 11.6 Å². The Balaban J connectivity index is 2.52. The summed E-state index contributed by atoms with van der Waals surface area (Å²) in [6, 6.07) is 8.58. The minimum atomic E-state index is 0.756. The van der Waals surface area contributed by atoms with Gasteiger partial charge in [0.05, 0.1) is 0 Å². The van der Waals surface area contributed by atoms with Gasteiger partial charge in [0.15, 0.2) is 0 Å². The molecule has 60 valence electrons. The van der Waals surface area contributed by atoms with Crippen molar-refractivity contribution >= 4 is 34.2 Å². The van der Waals surface area contributed by atoms with Crippen LogP contribution in [0.25, 0.3) is 0 Å². The normalized spacial score (nSPS) is 10.0. The summed E-state index contributed by atoms with van der Waals surface area (Å²) in [6.07, 6.45) is 2.17. The summed E-state index contributed by atoms with van der Waals surface area (Å²) < 4.78 is 1.29. The Labute approximate surface area is 86.1 Å². The lowest BCUT2D eigenvalue weighted by molar-refractivity contribution is 0.928. The SMILES string of the molecule is ClCCCc1ccc(I)cc1. The first-order chi connectivity index (χ1) is 5.33. The summed E-state index contributed by atoms with van der Waals surface area (Å²) >= 11 is 7.89. The largest absolute Gasteiger partial charge is 0.127 e. The number of halogens is 2. The van der Waals surface area contributed by atoms with Crippen LogP contribution in [0.2, 0.25) is 0 Å². The van der Waals surface area contributed by atoms with E-state index in [1.54, 1.807) is 0 Å². The summed E-state index contributed by atoms with van der Waals surface area (Å²) in [5, 5.41) is 0. The van der Waals surface area contributed by atoms with Gasteiger partial charge in [-0.1, -0.05) is 12.1 Å². The zero-order valence-corrected chi connectivity index (χ0v) is 9.10. The number of alkyl halides is 1. The molecule has 0 aromatic heterocycles. The maximum atomic E-state index is 5.58. The van der Waals surface area contributed by atoms with E-state index in [1.165, 1.54) is 9.13 Å². The maximum Gasteiger partial charge on any atom is 0.0226 e. The van der Waals surface area contributed by atoms with Gasteiger partial charge in [-0.25, -0.2) is 0 Å². The van der Waals surface area contributed by atoms with Crippen molar-refractivity contribution in [1.82, 2.24) is 0 Å². The van der Waals surface area contributed by atoms with Crippen LogP contribution in [0.4, 0.5) is 0 Å². The Morgan fingerprint density at radius 3 is 2.36 bits per heavy atom. The molecule has 0 aliphatic carbocycles. The van der Waals surface area contributed by atoms with Gasteiger partial charge >= 0.3 is 0 Å². The van der Waals surface area contributed by atoms with Gasteiger partial charge in [0, 0.05) is 9.45 Å². The third-order valence-electron chi connectivity index (χ3n) is 1.51. The fourth-order valence-corrected chi connectivity index (χ4v) is 1.42. The third-order valence-corrected chi connectivity index (χ3v) is 2.50. The summed E-state index contributed by atoms with van der Waals surface area (Å²) in [6.45, 7) is 0. The number of aryl methyl sites for hydroxylation is 1. The van der Waals surface area contributed by atoms with Crippen LogP contribution in [-0.4, -0.2) is 5.88 Å². The molecule has 0 nitrogen and oxygen atoms in total. The van der Waals surface area contributed by atoms with Crippen molar-refractivity contribution in [2.75, 3.05) is 5.88 Å². The average Bonchev–Trinajstić information content (AvgIpc) is 2.04. The van der Waals surface area contributed by atoms with Gasteiger partial charge < -0.3 is 0 Å². The van der Waals surface area contributed by atoms with Crippen LogP contribution in [-0.2, 0) is 6.42 Å². The lowest BCUT2D eigenvalue weighted by atomic mass is 10.1. The molecule has 0 heterocycles. The monoisotopic (exact) mass is 280 g/mol. The van der Waals surface area contributed by atoms with Gasteiger partial charge in [-0.2, -0.15) is 0 Å². The summed E-state index contributed by atoms with van der Waals surface area (Å²) in [5.74, 6) is 0.756. The van der Waals surface area contributed by atoms with Gasteiger partial charge in [0.2, 0.25) is 0 Å². The predicted octanol–water partition coefficient (Wildman–Crippen LogP) is 3.46. The van der Waals surface area contributed by atoms with Gasteiger partial charge in [0.25, 0.3) is 0 Å². The van der Waals surface area contributed by atoms with Crippen molar-refractivity contribution in [1.29, 1.82) is 0 Å². The van der Waals surface area contributed by atoms with Crippen molar-refractivity contribution in [2.24, 2.45) is 0 Å². The third kappa shape index (κ3) is 3.43. The van der Waals surface area contributed by atoms with Crippen molar-refractivity contribution in [3.63, 3.8) is 0 Å². The van der Waals surface area contributed by atoms with Crippen LogP contribution in [0.5, 0.6) is 0 Å². The average molecular weight is 281 g/mol. The topological polar surface area (TPSA) is 0 Å². The highest BCUT2D eigenvalue weighted by atomic mass is 127. The Kier molecular flexibility index (Phi) is 4.23. The quantitative estimate of drug-likeness (QED) is 0.587. The van der Waals surface area contributed by atoms with Crippen LogP contribution in [0, 0.1) is 3.57 Å². The van der Waals surface area contributed by atoms with E-state index in [1.807, 2.05) is 0 Å². The van der Waals surface area contributed by atoms with Crippen molar-refractivity contribution in [2.45, 2.75) is 12.8 Å². The fraction of sp³-hybridized carbons (Fsp3) is 0.333. The molecule has 0 fully saturated rings. The number of hydrogen-bond donors (Lipinski definition) is 0. The van der Waals surface area contributed by atoms with Crippen LogP contribution in [0.3, 0.4) is 0 Å². The predicted molar refractivity (Wildman–Crippen MR) is 58.2 cm³/mol. The molecule has 0 spiro atoms. The molecule has 1 aromatic rings. The molecule has 2 heteroatoms. The van der Waals surface area contributed by atoms with Crippen molar-refractivity contribution in [3.05, 3.63) is 33.4 Å². The standard InChI is InChI=1S/C9H10ClI/c10-7-1-2-8-3-5-9(11)6-4-8/h3-6H,1-2,7H2. The van der Waals surface area contributed by atoms with E-state index in [0.717, 1.165) is 18.7 Å². The highest BCUT2D eigenvalue weighted by Gasteiger charge is 1.91. The van der Waals surface area contributed by atoms with Crippen LogP contribution >= 0.6 is 34.2 Å². The van der Waals surface area contributed by atoms with E-state index in [9.17, 15) is 0 Å². The maximum absolute atomic E-state index is 5.58. The molecule has 0 unspecified atom stereocenters. The molecule has 11 heavy (non-hydrogen) atoms. The van der Waals surface area contributed by atoms with E-state index in [2.05, 4.69) is 46.9 Å². The first-order valence-corrected chi connectivity index (χ1v) is 5.24. The van der Waals surface area contributed by atoms with E-state index >= 15 is 0 Å². The second-order valence-corrected chi connectivity index (χ2v) is 4.04. The lowest BCUT2D eigenvalue weighted by Gasteiger charge is -1.97. The van der Waals surface area contributed by atoms with Crippen molar-refractivity contribution in [3.8, 4) is 0 Å². The second-order valence-electron chi connectivity index (χ2n) is 2.42. The zero-order chi connectivity index (χ0) is 8.10. The first kappa shape index (κ1) is 9.33. The zero-order valence-electron chi connectivity index (χ0n) is 6.19. The Hall–Kier alpha value is 0.240. The smallest absolute Gasteiger partial charge is 0.0226 e. The highest BCUT2D eigenvalue weighted by molar-refractivity contribution is 14.1. The molecule has 0 saturated carbocycles. The molecule has 0 bridgehead atoms. The Morgan fingerprint density at radius 1 is 1.18 bits per heavy atom. The number of hydrogen-bond acceptors (Lipinski definition) is 0.